The number of halogens is 1. The summed E-state index contributed by atoms with van der Waals surface area (Å²) in [4.78, 5) is 48.4. The SMILES string of the molecule is COC(=O)CN1C(=O)N/C(=C/c2ccc(OCC(=O)Nc3ccc(C)cc3)c(Cl)c2)C1=O. The van der Waals surface area contributed by atoms with Crippen molar-refractivity contribution in [3.05, 3.63) is 64.3 Å². The summed E-state index contributed by atoms with van der Waals surface area (Å²) in [6.07, 6.45) is 1.41. The number of hydrogen-bond donors (Lipinski definition) is 2. The number of amides is 4. The van der Waals surface area contributed by atoms with Gasteiger partial charge < -0.3 is 20.1 Å². The molecule has 2 aromatic rings. The van der Waals surface area contributed by atoms with Gasteiger partial charge in [-0.05, 0) is 42.8 Å². The van der Waals surface area contributed by atoms with E-state index >= 15 is 0 Å². The zero-order chi connectivity index (χ0) is 23.3. The minimum absolute atomic E-state index is 0.0129. The number of benzene rings is 2. The lowest BCUT2D eigenvalue weighted by molar-refractivity contribution is -0.143. The minimum atomic E-state index is -0.725. The van der Waals surface area contributed by atoms with Gasteiger partial charge in [-0.2, -0.15) is 0 Å². The van der Waals surface area contributed by atoms with Crippen molar-refractivity contribution in [2.45, 2.75) is 6.92 Å². The van der Waals surface area contributed by atoms with E-state index in [1.165, 1.54) is 12.1 Å². The summed E-state index contributed by atoms with van der Waals surface area (Å²) in [5.74, 6) is -1.45. The minimum Gasteiger partial charge on any atom is -0.482 e. The standard InChI is InChI=1S/C22H20ClN3O6/c1-13-3-6-15(7-4-13)24-19(27)12-32-18-8-5-14(9-16(18)23)10-17-21(29)26(22(30)25-17)11-20(28)31-2/h3-10H,11-12H2,1-2H3,(H,24,27)(H,25,30)/b17-10+. The molecule has 1 aliphatic heterocycles. The maximum absolute atomic E-state index is 12.3. The number of ether oxygens (including phenoxy) is 2. The molecule has 0 atom stereocenters. The Morgan fingerprint density at radius 1 is 1.16 bits per heavy atom. The molecule has 2 aromatic carbocycles. The summed E-state index contributed by atoms with van der Waals surface area (Å²) in [6, 6.07) is 11.3. The van der Waals surface area contributed by atoms with E-state index in [-0.39, 0.29) is 29.0 Å². The van der Waals surface area contributed by atoms with Crippen molar-refractivity contribution in [3.63, 3.8) is 0 Å². The molecule has 1 fully saturated rings. The van der Waals surface area contributed by atoms with Crippen LogP contribution in [0.4, 0.5) is 10.5 Å². The van der Waals surface area contributed by atoms with Crippen molar-refractivity contribution in [2.75, 3.05) is 25.6 Å². The molecular weight excluding hydrogens is 438 g/mol. The van der Waals surface area contributed by atoms with Gasteiger partial charge in [0.05, 0.1) is 12.1 Å². The van der Waals surface area contributed by atoms with Crippen molar-refractivity contribution >= 4 is 47.2 Å². The molecule has 0 spiro atoms. The Morgan fingerprint density at radius 2 is 1.88 bits per heavy atom. The van der Waals surface area contributed by atoms with Crippen LogP contribution in [-0.4, -0.2) is 49.0 Å². The Morgan fingerprint density at radius 3 is 2.53 bits per heavy atom. The summed E-state index contributed by atoms with van der Waals surface area (Å²) < 4.78 is 9.95. The summed E-state index contributed by atoms with van der Waals surface area (Å²) in [7, 11) is 1.16. The summed E-state index contributed by atoms with van der Waals surface area (Å²) in [6.45, 7) is 1.22. The van der Waals surface area contributed by atoms with E-state index in [2.05, 4.69) is 15.4 Å². The van der Waals surface area contributed by atoms with Gasteiger partial charge in [0.15, 0.2) is 6.61 Å². The first kappa shape index (κ1) is 22.8. The average molecular weight is 458 g/mol. The zero-order valence-corrected chi connectivity index (χ0v) is 18.1. The normalized spacial score (nSPS) is 14.3. The Balaban J connectivity index is 1.62. The predicted octanol–water partition coefficient (Wildman–Crippen LogP) is 2.73. The molecule has 1 aliphatic rings. The van der Waals surface area contributed by atoms with Crippen molar-refractivity contribution in [2.24, 2.45) is 0 Å². The number of hydrogen-bond acceptors (Lipinski definition) is 6. The van der Waals surface area contributed by atoms with E-state index in [0.29, 0.717) is 11.3 Å². The lowest BCUT2D eigenvalue weighted by atomic mass is 10.2. The summed E-state index contributed by atoms with van der Waals surface area (Å²) >= 11 is 6.23. The number of methoxy groups -OCH3 is 1. The van der Waals surface area contributed by atoms with Crippen molar-refractivity contribution in [1.29, 1.82) is 0 Å². The van der Waals surface area contributed by atoms with E-state index in [0.717, 1.165) is 17.6 Å². The van der Waals surface area contributed by atoms with Gasteiger partial charge in [-0.1, -0.05) is 35.4 Å². The first-order valence-corrected chi connectivity index (χ1v) is 9.85. The van der Waals surface area contributed by atoms with Gasteiger partial charge in [0.25, 0.3) is 11.8 Å². The molecule has 0 saturated carbocycles. The van der Waals surface area contributed by atoms with Crippen LogP contribution in [0.1, 0.15) is 11.1 Å². The Labute approximate surface area is 188 Å². The van der Waals surface area contributed by atoms with E-state index in [1.54, 1.807) is 24.3 Å². The quantitative estimate of drug-likeness (QED) is 0.375. The first-order chi connectivity index (χ1) is 15.3. The van der Waals surface area contributed by atoms with Crippen molar-refractivity contribution < 1.29 is 28.7 Å². The molecular formula is C22H20ClN3O6. The van der Waals surface area contributed by atoms with Gasteiger partial charge >= 0.3 is 12.0 Å². The second-order valence-corrected chi connectivity index (χ2v) is 7.26. The molecule has 0 aromatic heterocycles. The molecule has 9 nitrogen and oxygen atoms in total. The molecule has 4 amide bonds. The highest BCUT2D eigenvalue weighted by molar-refractivity contribution is 6.32. The number of urea groups is 1. The van der Waals surface area contributed by atoms with Crippen LogP contribution in [0.5, 0.6) is 5.75 Å². The monoisotopic (exact) mass is 457 g/mol. The van der Waals surface area contributed by atoms with Gasteiger partial charge in [-0.3, -0.25) is 14.4 Å². The first-order valence-electron chi connectivity index (χ1n) is 9.47. The van der Waals surface area contributed by atoms with Crippen LogP contribution in [0.25, 0.3) is 6.08 Å². The topological polar surface area (TPSA) is 114 Å². The second-order valence-electron chi connectivity index (χ2n) is 6.85. The number of nitrogens with zero attached hydrogens (tertiary/aromatic N) is 1. The highest BCUT2D eigenvalue weighted by atomic mass is 35.5. The number of nitrogens with one attached hydrogen (secondary N) is 2. The maximum atomic E-state index is 12.3. The van der Waals surface area contributed by atoms with Gasteiger partial charge in [-0.25, -0.2) is 9.69 Å². The van der Waals surface area contributed by atoms with Crippen LogP contribution in [0.15, 0.2) is 48.2 Å². The number of carbonyl (C=O) groups excluding carboxylic acids is 4. The number of esters is 1. The van der Waals surface area contributed by atoms with Crippen LogP contribution in [0.2, 0.25) is 5.02 Å². The molecule has 1 saturated heterocycles. The Hall–Kier alpha value is -3.85. The Bertz CT molecular complexity index is 1100. The third kappa shape index (κ3) is 5.64. The zero-order valence-electron chi connectivity index (χ0n) is 17.3. The fourth-order valence-electron chi connectivity index (χ4n) is 2.78. The van der Waals surface area contributed by atoms with Gasteiger partial charge in [0, 0.05) is 5.69 Å². The molecule has 3 rings (SSSR count). The van der Waals surface area contributed by atoms with E-state index in [9.17, 15) is 19.2 Å². The fourth-order valence-corrected chi connectivity index (χ4v) is 3.02. The van der Waals surface area contributed by atoms with Gasteiger partial charge in [0.1, 0.15) is 18.0 Å². The summed E-state index contributed by atoms with van der Waals surface area (Å²) in [5.41, 5.74) is 2.23. The lowest BCUT2D eigenvalue weighted by Gasteiger charge is -2.10. The Kier molecular flexibility index (Phi) is 7.11. The highest BCUT2D eigenvalue weighted by Crippen LogP contribution is 2.27. The van der Waals surface area contributed by atoms with E-state index in [1.807, 2.05) is 19.1 Å². The van der Waals surface area contributed by atoms with E-state index in [4.69, 9.17) is 16.3 Å². The largest absolute Gasteiger partial charge is 0.482 e. The predicted molar refractivity (Wildman–Crippen MR) is 117 cm³/mol. The van der Waals surface area contributed by atoms with Crippen LogP contribution in [0.3, 0.4) is 0 Å². The molecule has 0 aliphatic carbocycles. The van der Waals surface area contributed by atoms with E-state index < -0.39 is 24.5 Å². The van der Waals surface area contributed by atoms with Gasteiger partial charge in [-0.15, -0.1) is 0 Å². The number of aryl methyl sites for hydroxylation is 1. The smallest absolute Gasteiger partial charge is 0.329 e. The molecule has 1 heterocycles. The molecule has 0 radical (unpaired) electrons. The van der Waals surface area contributed by atoms with Crippen LogP contribution in [0, 0.1) is 6.92 Å². The van der Waals surface area contributed by atoms with Crippen LogP contribution < -0.4 is 15.4 Å². The number of anilines is 1. The van der Waals surface area contributed by atoms with Crippen molar-refractivity contribution in [1.82, 2.24) is 10.2 Å². The third-order valence-corrected chi connectivity index (χ3v) is 4.73. The highest BCUT2D eigenvalue weighted by Gasteiger charge is 2.35. The number of carbonyl (C=O) groups is 4. The molecule has 0 bridgehead atoms. The van der Waals surface area contributed by atoms with Crippen LogP contribution in [-0.2, 0) is 19.1 Å². The second kappa shape index (κ2) is 9.97. The third-order valence-electron chi connectivity index (χ3n) is 4.44. The van der Waals surface area contributed by atoms with Gasteiger partial charge in [0.2, 0.25) is 0 Å². The summed E-state index contributed by atoms with van der Waals surface area (Å²) in [5, 5.41) is 5.33. The fraction of sp³-hybridized carbons (Fsp3) is 0.182. The maximum Gasteiger partial charge on any atom is 0.329 e. The number of rotatable bonds is 7. The number of imide groups is 1. The lowest BCUT2D eigenvalue weighted by Crippen LogP contribution is -2.36. The molecule has 166 valence electrons. The molecule has 2 N–H and O–H groups in total. The van der Waals surface area contributed by atoms with Crippen molar-refractivity contribution in [3.8, 4) is 5.75 Å². The van der Waals surface area contributed by atoms with Crippen LogP contribution >= 0.6 is 11.6 Å². The molecule has 0 unspecified atom stereocenters. The average Bonchev–Trinajstić information content (AvgIpc) is 3.02. The molecule has 32 heavy (non-hydrogen) atoms. The molecule has 10 heteroatoms.